The van der Waals surface area contributed by atoms with Crippen molar-refractivity contribution in [3.63, 3.8) is 0 Å². The summed E-state index contributed by atoms with van der Waals surface area (Å²) in [6, 6.07) is 7.72. The molecule has 0 amide bonds. The Morgan fingerprint density at radius 2 is 1.79 bits per heavy atom. The lowest BCUT2D eigenvalue weighted by atomic mass is 9.78. The van der Waals surface area contributed by atoms with E-state index < -0.39 is 24.4 Å². The van der Waals surface area contributed by atoms with Gasteiger partial charge in [-0.3, -0.25) is 0 Å². The highest BCUT2D eigenvalue weighted by Gasteiger charge is 2.51. The average Bonchev–Trinajstić information content (AvgIpc) is 3.39. The van der Waals surface area contributed by atoms with Crippen LogP contribution < -0.4 is 5.46 Å². The first-order valence-electron chi connectivity index (χ1n) is 11.5. The smallest absolute Gasteiger partial charge is 0.464 e. The van der Waals surface area contributed by atoms with Crippen LogP contribution in [0.5, 0.6) is 0 Å². The van der Waals surface area contributed by atoms with Gasteiger partial charge in [0, 0.05) is 17.1 Å². The topological polar surface area (TPSA) is 90.9 Å². The zero-order chi connectivity index (χ0) is 24.6. The zero-order valence-corrected chi connectivity index (χ0v) is 20.6. The van der Waals surface area contributed by atoms with Gasteiger partial charge in [-0.05, 0) is 69.3 Å². The highest BCUT2D eigenvalue weighted by Crippen LogP contribution is 2.40. The van der Waals surface area contributed by atoms with Crippen LogP contribution in [0, 0.1) is 6.92 Å². The number of aryl methyl sites for hydroxylation is 1. The fraction of sp³-hybridized carbons (Fsp3) is 0.400. The predicted octanol–water partition coefficient (Wildman–Crippen LogP) is 4.61. The minimum atomic E-state index is -1.04. The summed E-state index contributed by atoms with van der Waals surface area (Å²) in [6.45, 7) is 14.2. The van der Waals surface area contributed by atoms with Gasteiger partial charge in [0.1, 0.15) is 6.33 Å². The minimum absolute atomic E-state index is 0.0680. The van der Waals surface area contributed by atoms with Gasteiger partial charge in [0.2, 0.25) is 0 Å². The summed E-state index contributed by atoms with van der Waals surface area (Å²) in [5.74, 6) is 0.0680. The molecular weight excluding hydrogens is 431 g/mol. The van der Waals surface area contributed by atoms with Gasteiger partial charge in [-0.2, -0.15) is 5.10 Å². The van der Waals surface area contributed by atoms with E-state index in [0.717, 1.165) is 33.2 Å². The second kappa shape index (κ2) is 7.42. The van der Waals surface area contributed by atoms with Crippen LogP contribution in [-0.2, 0) is 9.31 Å². The van der Waals surface area contributed by atoms with Crippen molar-refractivity contribution >= 4 is 35.2 Å². The molecule has 8 nitrogen and oxygen atoms in total. The van der Waals surface area contributed by atoms with Crippen molar-refractivity contribution in [2.45, 2.75) is 65.6 Å². The molecule has 4 aromatic rings. The Morgan fingerprint density at radius 1 is 1.12 bits per heavy atom. The molecule has 0 saturated carbocycles. The lowest BCUT2D eigenvalue weighted by Crippen LogP contribution is -2.41. The van der Waals surface area contributed by atoms with Gasteiger partial charge in [-0.1, -0.05) is 26.0 Å². The third-order valence-corrected chi connectivity index (χ3v) is 7.16. The molecule has 0 spiro atoms. The number of rotatable bonds is 3. The molecule has 0 aliphatic carbocycles. The van der Waals surface area contributed by atoms with E-state index in [1.165, 1.54) is 10.9 Å². The maximum absolute atomic E-state index is 12.5. The van der Waals surface area contributed by atoms with Crippen molar-refractivity contribution in [1.82, 2.24) is 19.2 Å². The molecule has 1 fully saturated rings. The van der Waals surface area contributed by atoms with Crippen molar-refractivity contribution in [2.24, 2.45) is 0 Å². The predicted molar refractivity (Wildman–Crippen MR) is 132 cm³/mol. The molecule has 3 aromatic heterocycles. The molecule has 0 radical (unpaired) electrons. The summed E-state index contributed by atoms with van der Waals surface area (Å²) in [4.78, 5) is 16.8. The second-order valence-electron chi connectivity index (χ2n) is 10.3. The van der Waals surface area contributed by atoms with Gasteiger partial charge < -0.3 is 14.4 Å². The number of nitrogens with zero attached hydrogens (tertiary/aromatic N) is 4. The maximum atomic E-state index is 12.5. The van der Waals surface area contributed by atoms with E-state index in [1.807, 2.05) is 65.1 Å². The number of pyridine rings is 1. The fourth-order valence-electron chi connectivity index (χ4n) is 4.75. The highest BCUT2D eigenvalue weighted by molar-refractivity contribution is 6.62. The van der Waals surface area contributed by atoms with E-state index in [9.17, 15) is 9.90 Å². The van der Waals surface area contributed by atoms with Gasteiger partial charge in [0.05, 0.1) is 22.4 Å². The zero-order valence-electron chi connectivity index (χ0n) is 20.6. The summed E-state index contributed by atoms with van der Waals surface area (Å²) < 4.78 is 15.6. The molecule has 1 saturated heterocycles. The molecule has 34 heavy (non-hydrogen) atoms. The quantitative estimate of drug-likeness (QED) is 0.449. The Labute approximate surface area is 198 Å². The van der Waals surface area contributed by atoms with Gasteiger partial charge >= 0.3 is 13.2 Å². The van der Waals surface area contributed by atoms with E-state index in [2.05, 4.69) is 23.9 Å². The van der Waals surface area contributed by atoms with Crippen LogP contribution in [0.15, 0.2) is 36.8 Å². The van der Waals surface area contributed by atoms with Crippen molar-refractivity contribution in [3.8, 4) is 11.3 Å². The van der Waals surface area contributed by atoms with Crippen molar-refractivity contribution in [2.75, 3.05) is 0 Å². The summed E-state index contributed by atoms with van der Waals surface area (Å²) >= 11 is 0. The molecular formula is C25H29BN4O4. The Kier molecular flexibility index (Phi) is 4.93. The molecule has 1 N–H and O–H groups in total. The Balaban J connectivity index is 1.76. The molecule has 176 valence electrons. The number of carbonyl (C=O) groups is 1. The van der Waals surface area contributed by atoms with Crippen LogP contribution in [0.2, 0.25) is 0 Å². The van der Waals surface area contributed by atoms with E-state index in [1.54, 1.807) is 4.52 Å². The van der Waals surface area contributed by atoms with Crippen LogP contribution in [0.3, 0.4) is 0 Å². The van der Waals surface area contributed by atoms with Gasteiger partial charge in [0.25, 0.3) is 0 Å². The maximum Gasteiger partial charge on any atom is 0.494 e. The van der Waals surface area contributed by atoms with E-state index >= 15 is 0 Å². The number of fused-ring (bicyclic) bond motifs is 2. The highest BCUT2D eigenvalue weighted by atomic mass is 16.7. The first kappa shape index (κ1) is 22.6. The molecule has 4 heterocycles. The normalized spacial score (nSPS) is 17.4. The van der Waals surface area contributed by atoms with Crippen molar-refractivity contribution in [3.05, 3.63) is 47.9 Å². The Hall–Kier alpha value is -3.17. The summed E-state index contributed by atoms with van der Waals surface area (Å²) in [5, 5.41) is 15.4. The van der Waals surface area contributed by atoms with Crippen LogP contribution >= 0.6 is 0 Å². The monoisotopic (exact) mass is 460 g/mol. The van der Waals surface area contributed by atoms with Crippen LogP contribution in [0.25, 0.3) is 27.8 Å². The summed E-state index contributed by atoms with van der Waals surface area (Å²) in [6.07, 6.45) is 2.30. The largest absolute Gasteiger partial charge is 0.494 e. The SMILES string of the molecule is Cc1cc(-c2c(C(C)C)c3cc(B4OC(C)(C)C(C)(C)O4)ccc3n2C(=O)O)cn2ncnc12. The average molecular weight is 460 g/mol. The first-order chi connectivity index (χ1) is 15.9. The number of carboxylic acid groups (broad SMARTS) is 1. The van der Waals surface area contributed by atoms with Crippen molar-refractivity contribution < 1.29 is 19.2 Å². The molecule has 1 aromatic carbocycles. The summed E-state index contributed by atoms with van der Waals surface area (Å²) in [7, 11) is -0.528. The molecule has 0 unspecified atom stereocenters. The molecule has 0 atom stereocenters. The standard InChI is InChI=1S/C25H29BN4O4/c1-14(2)20-18-11-17(26-33-24(4,5)25(6,7)34-26)8-9-19(18)30(23(31)32)21(20)16-10-15(3)22-27-13-28-29(22)12-16/h8-14H,1-7H3,(H,31,32). The first-order valence-corrected chi connectivity index (χ1v) is 11.5. The van der Waals surface area contributed by atoms with Gasteiger partial charge in [-0.25, -0.2) is 18.9 Å². The van der Waals surface area contributed by atoms with Crippen molar-refractivity contribution in [1.29, 1.82) is 0 Å². The van der Waals surface area contributed by atoms with Crippen LogP contribution in [0.1, 0.15) is 58.6 Å². The van der Waals surface area contributed by atoms with Crippen LogP contribution in [0.4, 0.5) is 4.79 Å². The van der Waals surface area contributed by atoms with Crippen LogP contribution in [-0.4, -0.2) is 48.7 Å². The van der Waals surface area contributed by atoms with E-state index in [-0.39, 0.29) is 5.92 Å². The third kappa shape index (κ3) is 3.26. The lowest BCUT2D eigenvalue weighted by Gasteiger charge is -2.32. The number of hydrogen-bond donors (Lipinski definition) is 1. The Morgan fingerprint density at radius 3 is 2.41 bits per heavy atom. The van der Waals surface area contributed by atoms with E-state index in [0.29, 0.717) is 11.2 Å². The number of benzene rings is 1. The molecule has 1 aliphatic heterocycles. The third-order valence-electron chi connectivity index (χ3n) is 7.16. The second-order valence-corrected chi connectivity index (χ2v) is 10.3. The molecule has 9 heteroatoms. The number of aromatic nitrogens is 4. The fourth-order valence-corrected chi connectivity index (χ4v) is 4.75. The molecule has 0 bridgehead atoms. The van der Waals surface area contributed by atoms with Gasteiger partial charge in [0.15, 0.2) is 5.65 Å². The van der Waals surface area contributed by atoms with Gasteiger partial charge in [-0.15, -0.1) is 0 Å². The van der Waals surface area contributed by atoms with E-state index in [4.69, 9.17) is 9.31 Å². The minimum Gasteiger partial charge on any atom is -0.464 e. The molecule has 1 aliphatic rings. The molecule has 5 rings (SSSR count). The Bertz CT molecular complexity index is 1430. The summed E-state index contributed by atoms with van der Waals surface area (Å²) in [5.41, 5.74) is 4.61. The number of hydrogen-bond acceptors (Lipinski definition) is 5. The lowest BCUT2D eigenvalue weighted by molar-refractivity contribution is 0.00578.